The zero-order valence-corrected chi connectivity index (χ0v) is 11.0. The van der Waals surface area contributed by atoms with Gasteiger partial charge < -0.3 is 14.9 Å². The van der Waals surface area contributed by atoms with Crippen LogP contribution < -0.4 is 4.74 Å². The van der Waals surface area contributed by atoms with Gasteiger partial charge in [0, 0.05) is 17.7 Å². The van der Waals surface area contributed by atoms with Crippen LogP contribution in [0.4, 0.5) is 4.39 Å². The molecule has 2 aromatic carbocycles. The molecule has 0 aliphatic heterocycles. The van der Waals surface area contributed by atoms with Gasteiger partial charge in [-0.2, -0.15) is 0 Å². The van der Waals surface area contributed by atoms with Gasteiger partial charge in [-0.15, -0.1) is 0 Å². The van der Waals surface area contributed by atoms with E-state index in [1.54, 1.807) is 24.3 Å². The lowest BCUT2D eigenvalue weighted by molar-refractivity contribution is -0.131. The minimum Gasteiger partial charge on any atom is -0.478 e. The van der Waals surface area contributed by atoms with Gasteiger partial charge >= 0.3 is 5.97 Å². The smallest absolute Gasteiger partial charge is 0.328 e. The SMILES string of the molecule is O=C(O)/C=C/c1cc(F)cc(Oc2ccccc2CO)c1. The Morgan fingerprint density at radius 3 is 2.71 bits per heavy atom. The minimum absolute atomic E-state index is 0.197. The first-order chi connectivity index (χ1) is 10.1. The average Bonchev–Trinajstić information content (AvgIpc) is 2.45. The van der Waals surface area contributed by atoms with Crippen LogP contribution >= 0.6 is 0 Å². The van der Waals surface area contributed by atoms with Gasteiger partial charge in [0.05, 0.1) is 6.61 Å². The molecule has 0 unspecified atom stereocenters. The molecule has 5 heteroatoms. The third kappa shape index (κ3) is 4.15. The van der Waals surface area contributed by atoms with Crippen LogP contribution in [0.5, 0.6) is 11.5 Å². The fraction of sp³-hybridized carbons (Fsp3) is 0.0625. The Bertz CT molecular complexity index is 680. The highest BCUT2D eigenvalue weighted by Crippen LogP contribution is 2.27. The zero-order chi connectivity index (χ0) is 15.2. The fourth-order valence-corrected chi connectivity index (χ4v) is 1.77. The molecule has 0 radical (unpaired) electrons. The summed E-state index contributed by atoms with van der Waals surface area (Å²) in [6.07, 6.45) is 2.19. The lowest BCUT2D eigenvalue weighted by Gasteiger charge is -2.10. The standard InChI is InChI=1S/C16H13FO4/c17-13-7-11(5-6-16(19)20)8-14(9-13)21-15-4-2-1-3-12(15)10-18/h1-9,18H,10H2,(H,19,20)/b6-5+. The van der Waals surface area contributed by atoms with E-state index < -0.39 is 11.8 Å². The number of carboxylic acid groups (broad SMARTS) is 1. The molecule has 0 aliphatic carbocycles. The van der Waals surface area contributed by atoms with Crippen molar-refractivity contribution in [2.24, 2.45) is 0 Å². The van der Waals surface area contributed by atoms with Crippen LogP contribution in [0.2, 0.25) is 0 Å². The summed E-state index contributed by atoms with van der Waals surface area (Å²) in [6.45, 7) is -0.197. The number of halogens is 1. The molecule has 2 aromatic rings. The van der Waals surface area contributed by atoms with Crippen molar-refractivity contribution < 1.29 is 24.1 Å². The number of carbonyl (C=O) groups is 1. The summed E-state index contributed by atoms with van der Waals surface area (Å²) in [5.41, 5.74) is 0.943. The van der Waals surface area contributed by atoms with Crippen LogP contribution in [0.1, 0.15) is 11.1 Å². The number of rotatable bonds is 5. The van der Waals surface area contributed by atoms with Crippen molar-refractivity contribution in [2.45, 2.75) is 6.61 Å². The fourth-order valence-electron chi connectivity index (χ4n) is 1.77. The number of hydrogen-bond donors (Lipinski definition) is 2. The van der Waals surface area contributed by atoms with Crippen molar-refractivity contribution >= 4 is 12.0 Å². The first-order valence-electron chi connectivity index (χ1n) is 6.16. The Labute approximate surface area is 120 Å². The molecule has 0 aliphatic rings. The van der Waals surface area contributed by atoms with Crippen molar-refractivity contribution in [3.8, 4) is 11.5 Å². The molecular formula is C16H13FO4. The Balaban J connectivity index is 2.30. The van der Waals surface area contributed by atoms with Crippen molar-refractivity contribution in [2.75, 3.05) is 0 Å². The quantitative estimate of drug-likeness (QED) is 0.829. The summed E-state index contributed by atoms with van der Waals surface area (Å²) in [7, 11) is 0. The zero-order valence-electron chi connectivity index (χ0n) is 11.0. The molecule has 0 atom stereocenters. The van der Waals surface area contributed by atoms with E-state index >= 15 is 0 Å². The Morgan fingerprint density at radius 2 is 2.00 bits per heavy atom. The van der Waals surface area contributed by atoms with Gasteiger partial charge in [-0.25, -0.2) is 9.18 Å². The molecule has 0 saturated heterocycles. The minimum atomic E-state index is -1.12. The van der Waals surface area contributed by atoms with Crippen LogP contribution in [-0.4, -0.2) is 16.2 Å². The number of para-hydroxylation sites is 1. The second-order valence-electron chi connectivity index (χ2n) is 4.26. The van der Waals surface area contributed by atoms with E-state index in [9.17, 15) is 14.3 Å². The molecule has 0 bridgehead atoms. The van der Waals surface area contributed by atoms with Crippen molar-refractivity contribution in [3.63, 3.8) is 0 Å². The van der Waals surface area contributed by atoms with E-state index in [2.05, 4.69) is 0 Å². The predicted octanol–water partition coefficient (Wildman–Crippen LogP) is 3.21. The van der Waals surface area contributed by atoms with Gasteiger partial charge in [-0.1, -0.05) is 18.2 Å². The highest BCUT2D eigenvalue weighted by molar-refractivity contribution is 5.85. The summed E-state index contributed by atoms with van der Waals surface area (Å²) in [4.78, 5) is 10.5. The normalized spacial score (nSPS) is 10.8. The maximum absolute atomic E-state index is 13.5. The molecule has 0 amide bonds. The second-order valence-corrected chi connectivity index (χ2v) is 4.26. The highest BCUT2D eigenvalue weighted by atomic mass is 19.1. The number of carboxylic acids is 1. The first-order valence-corrected chi connectivity index (χ1v) is 6.16. The molecule has 0 spiro atoms. The van der Waals surface area contributed by atoms with Crippen LogP contribution in [0.15, 0.2) is 48.5 Å². The lowest BCUT2D eigenvalue weighted by atomic mass is 10.2. The maximum atomic E-state index is 13.5. The van der Waals surface area contributed by atoms with Crippen molar-refractivity contribution in [3.05, 3.63) is 65.5 Å². The number of aliphatic hydroxyl groups is 1. The Morgan fingerprint density at radius 1 is 1.24 bits per heavy atom. The predicted molar refractivity (Wildman–Crippen MR) is 75.5 cm³/mol. The van der Waals surface area contributed by atoms with E-state index in [0.717, 1.165) is 6.08 Å². The van der Waals surface area contributed by atoms with E-state index in [1.807, 2.05) is 0 Å². The van der Waals surface area contributed by atoms with E-state index in [0.29, 0.717) is 16.9 Å². The van der Waals surface area contributed by atoms with Crippen LogP contribution in [0.3, 0.4) is 0 Å². The largest absolute Gasteiger partial charge is 0.478 e. The van der Waals surface area contributed by atoms with E-state index in [4.69, 9.17) is 9.84 Å². The maximum Gasteiger partial charge on any atom is 0.328 e. The average molecular weight is 288 g/mol. The van der Waals surface area contributed by atoms with Gasteiger partial charge in [0.1, 0.15) is 17.3 Å². The third-order valence-electron chi connectivity index (χ3n) is 2.68. The number of benzene rings is 2. The molecule has 0 aromatic heterocycles. The number of ether oxygens (including phenoxy) is 1. The van der Waals surface area contributed by atoms with Gasteiger partial charge in [-0.3, -0.25) is 0 Å². The van der Waals surface area contributed by atoms with Gasteiger partial charge in [0.15, 0.2) is 0 Å². The molecule has 0 heterocycles. The van der Waals surface area contributed by atoms with Crippen molar-refractivity contribution in [1.82, 2.24) is 0 Å². The molecule has 108 valence electrons. The Hall–Kier alpha value is -2.66. The number of aliphatic carboxylic acids is 1. The van der Waals surface area contributed by atoms with Crippen LogP contribution in [0, 0.1) is 5.82 Å². The molecule has 0 fully saturated rings. The van der Waals surface area contributed by atoms with Gasteiger partial charge in [-0.05, 0) is 29.8 Å². The van der Waals surface area contributed by atoms with Crippen LogP contribution in [0.25, 0.3) is 6.08 Å². The third-order valence-corrected chi connectivity index (χ3v) is 2.68. The first kappa shape index (κ1) is 14.7. The molecular weight excluding hydrogens is 275 g/mol. The lowest BCUT2D eigenvalue weighted by Crippen LogP contribution is -1.92. The number of aliphatic hydroxyl groups excluding tert-OH is 1. The summed E-state index contributed by atoms with van der Waals surface area (Å²) < 4.78 is 19.1. The van der Waals surface area contributed by atoms with Gasteiger partial charge in [0.25, 0.3) is 0 Å². The van der Waals surface area contributed by atoms with Crippen molar-refractivity contribution in [1.29, 1.82) is 0 Å². The Kier molecular flexibility index (Phi) is 4.68. The number of hydrogen-bond acceptors (Lipinski definition) is 3. The molecule has 21 heavy (non-hydrogen) atoms. The molecule has 0 saturated carbocycles. The van der Waals surface area contributed by atoms with E-state index in [1.165, 1.54) is 24.3 Å². The monoisotopic (exact) mass is 288 g/mol. The second kappa shape index (κ2) is 6.67. The molecule has 2 N–H and O–H groups in total. The molecule has 4 nitrogen and oxygen atoms in total. The summed E-state index contributed by atoms with van der Waals surface area (Å²) >= 11 is 0. The topological polar surface area (TPSA) is 66.8 Å². The van der Waals surface area contributed by atoms with Crippen LogP contribution in [-0.2, 0) is 11.4 Å². The van der Waals surface area contributed by atoms with E-state index in [-0.39, 0.29) is 12.4 Å². The highest BCUT2D eigenvalue weighted by Gasteiger charge is 2.06. The summed E-state index contributed by atoms with van der Waals surface area (Å²) in [6, 6.07) is 10.7. The summed E-state index contributed by atoms with van der Waals surface area (Å²) in [5, 5.41) is 17.8. The van der Waals surface area contributed by atoms with Gasteiger partial charge in [0.2, 0.25) is 0 Å². The molecule has 2 rings (SSSR count). The summed E-state index contributed by atoms with van der Waals surface area (Å²) in [5.74, 6) is -1.02.